The average Bonchev–Trinajstić information content (AvgIpc) is 2.82. The van der Waals surface area contributed by atoms with E-state index in [1.54, 1.807) is 0 Å². The number of hydrogen-bond acceptors (Lipinski definition) is 3. The van der Waals surface area contributed by atoms with Crippen LogP contribution in [0, 0.1) is 11.3 Å². The van der Waals surface area contributed by atoms with E-state index >= 15 is 0 Å². The van der Waals surface area contributed by atoms with Crippen LogP contribution in [0.3, 0.4) is 0 Å². The lowest BCUT2D eigenvalue weighted by atomic mass is 9.85. The van der Waals surface area contributed by atoms with E-state index in [0.717, 1.165) is 12.5 Å². The van der Waals surface area contributed by atoms with E-state index in [-0.39, 0.29) is 5.84 Å². The van der Waals surface area contributed by atoms with Crippen molar-refractivity contribution in [1.29, 1.82) is 5.41 Å². The van der Waals surface area contributed by atoms with Crippen molar-refractivity contribution in [3.8, 4) is 0 Å². The van der Waals surface area contributed by atoms with Crippen LogP contribution < -0.4 is 10.6 Å². The van der Waals surface area contributed by atoms with Crippen LogP contribution in [-0.4, -0.2) is 23.4 Å². The molecule has 3 rings (SSSR count). The summed E-state index contributed by atoms with van der Waals surface area (Å²) in [6, 6.07) is 4.62. The summed E-state index contributed by atoms with van der Waals surface area (Å²) in [5, 5.41) is 7.36. The Morgan fingerprint density at radius 3 is 2.83 bits per heavy atom. The molecule has 0 bridgehead atoms. The first-order valence-corrected chi connectivity index (χ1v) is 6.83. The van der Waals surface area contributed by atoms with Gasteiger partial charge in [0, 0.05) is 12.6 Å². The van der Waals surface area contributed by atoms with Crippen LogP contribution in [0.1, 0.15) is 37.8 Å². The van der Waals surface area contributed by atoms with E-state index < -0.39 is 0 Å². The van der Waals surface area contributed by atoms with Crippen LogP contribution >= 0.6 is 0 Å². The fraction of sp³-hybridized carbons (Fsp3) is 0.571. The molecule has 4 nitrogen and oxygen atoms in total. The molecule has 2 atom stereocenters. The molecule has 1 aliphatic heterocycles. The molecule has 0 amide bonds. The third kappa shape index (κ3) is 1.96. The summed E-state index contributed by atoms with van der Waals surface area (Å²) in [5.41, 5.74) is 7.19. The van der Waals surface area contributed by atoms with Gasteiger partial charge in [0.2, 0.25) is 0 Å². The maximum absolute atomic E-state index is 7.36. The number of aromatic nitrogens is 1. The van der Waals surface area contributed by atoms with Crippen LogP contribution in [0.5, 0.6) is 0 Å². The Balaban J connectivity index is 1.80. The summed E-state index contributed by atoms with van der Waals surface area (Å²) in [7, 11) is 0. The molecule has 18 heavy (non-hydrogen) atoms. The molecular formula is C14H20N4. The minimum atomic E-state index is 0.0403. The predicted octanol–water partition coefficient (Wildman–Crippen LogP) is 2.13. The van der Waals surface area contributed by atoms with Crippen molar-refractivity contribution in [2.24, 2.45) is 11.7 Å². The SMILES string of the molecule is N=C(N)c1ccc(N2CCC3CCCCC32)cn1. The zero-order valence-electron chi connectivity index (χ0n) is 10.6. The van der Waals surface area contributed by atoms with Crippen LogP contribution in [0.15, 0.2) is 18.3 Å². The molecule has 3 N–H and O–H groups in total. The predicted molar refractivity (Wildman–Crippen MR) is 73.0 cm³/mol. The van der Waals surface area contributed by atoms with Gasteiger partial charge in [-0.2, -0.15) is 0 Å². The molecule has 0 aromatic carbocycles. The zero-order valence-corrected chi connectivity index (χ0v) is 10.6. The van der Waals surface area contributed by atoms with E-state index in [0.29, 0.717) is 11.7 Å². The molecule has 1 saturated heterocycles. The highest BCUT2D eigenvalue weighted by atomic mass is 15.2. The summed E-state index contributed by atoms with van der Waals surface area (Å²) in [4.78, 5) is 6.77. The Bertz CT molecular complexity index is 440. The maximum atomic E-state index is 7.36. The maximum Gasteiger partial charge on any atom is 0.141 e. The lowest BCUT2D eigenvalue weighted by Crippen LogP contribution is -2.34. The van der Waals surface area contributed by atoms with Crippen LogP contribution in [-0.2, 0) is 0 Å². The van der Waals surface area contributed by atoms with E-state index in [9.17, 15) is 0 Å². The Labute approximate surface area is 108 Å². The van der Waals surface area contributed by atoms with Gasteiger partial charge in [0.1, 0.15) is 11.5 Å². The van der Waals surface area contributed by atoms with Gasteiger partial charge < -0.3 is 10.6 Å². The largest absolute Gasteiger partial charge is 0.382 e. The molecule has 4 heteroatoms. The normalized spacial score (nSPS) is 27.0. The number of nitrogens with zero attached hydrogens (tertiary/aromatic N) is 2. The van der Waals surface area contributed by atoms with E-state index in [1.165, 1.54) is 37.8 Å². The number of nitrogen functional groups attached to an aromatic ring is 1. The average molecular weight is 244 g/mol. The van der Waals surface area contributed by atoms with Gasteiger partial charge in [0.15, 0.2) is 0 Å². The van der Waals surface area contributed by atoms with Gasteiger partial charge in [0.05, 0.1) is 11.9 Å². The Hall–Kier alpha value is -1.58. The quantitative estimate of drug-likeness (QED) is 0.618. The first kappa shape index (κ1) is 11.5. The fourth-order valence-electron chi connectivity index (χ4n) is 3.44. The zero-order chi connectivity index (χ0) is 12.5. The minimum Gasteiger partial charge on any atom is -0.382 e. The fourth-order valence-corrected chi connectivity index (χ4v) is 3.44. The molecular weight excluding hydrogens is 224 g/mol. The molecule has 2 heterocycles. The Morgan fingerprint density at radius 1 is 1.28 bits per heavy atom. The van der Waals surface area contributed by atoms with Crippen LogP contribution in [0.4, 0.5) is 5.69 Å². The highest BCUT2D eigenvalue weighted by Gasteiger charge is 2.35. The first-order chi connectivity index (χ1) is 8.75. The lowest BCUT2D eigenvalue weighted by molar-refractivity contribution is 0.342. The molecule has 2 fully saturated rings. The number of fused-ring (bicyclic) bond motifs is 1. The van der Waals surface area contributed by atoms with Gasteiger partial charge in [-0.3, -0.25) is 10.4 Å². The number of pyridine rings is 1. The second-order valence-electron chi connectivity index (χ2n) is 5.41. The monoisotopic (exact) mass is 244 g/mol. The summed E-state index contributed by atoms with van der Waals surface area (Å²) in [6.07, 6.45) is 8.65. The van der Waals surface area contributed by atoms with Crippen molar-refractivity contribution in [3.05, 3.63) is 24.0 Å². The molecule has 96 valence electrons. The summed E-state index contributed by atoms with van der Waals surface area (Å²) in [6.45, 7) is 1.15. The van der Waals surface area contributed by atoms with E-state index in [4.69, 9.17) is 11.1 Å². The number of nitrogens with one attached hydrogen (secondary N) is 1. The second-order valence-corrected chi connectivity index (χ2v) is 5.41. The van der Waals surface area contributed by atoms with Crippen molar-refractivity contribution in [3.63, 3.8) is 0 Å². The van der Waals surface area contributed by atoms with E-state index in [2.05, 4.69) is 16.0 Å². The van der Waals surface area contributed by atoms with Gasteiger partial charge in [0.25, 0.3) is 0 Å². The number of anilines is 1. The highest BCUT2D eigenvalue weighted by molar-refractivity contribution is 5.93. The minimum absolute atomic E-state index is 0.0403. The van der Waals surface area contributed by atoms with Crippen molar-refractivity contribution in [1.82, 2.24) is 4.98 Å². The molecule has 1 aromatic rings. The third-order valence-electron chi connectivity index (χ3n) is 4.37. The highest BCUT2D eigenvalue weighted by Crippen LogP contribution is 2.38. The Morgan fingerprint density at radius 2 is 2.11 bits per heavy atom. The first-order valence-electron chi connectivity index (χ1n) is 6.83. The number of rotatable bonds is 2. The molecule has 2 aliphatic rings. The van der Waals surface area contributed by atoms with Crippen molar-refractivity contribution in [2.45, 2.75) is 38.1 Å². The summed E-state index contributed by atoms with van der Waals surface area (Å²) in [5.74, 6) is 0.921. The summed E-state index contributed by atoms with van der Waals surface area (Å²) >= 11 is 0. The molecule has 1 aliphatic carbocycles. The van der Waals surface area contributed by atoms with E-state index in [1.807, 2.05) is 12.3 Å². The van der Waals surface area contributed by atoms with Crippen molar-refractivity contribution < 1.29 is 0 Å². The molecule has 2 unspecified atom stereocenters. The third-order valence-corrected chi connectivity index (χ3v) is 4.37. The van der Waals surface area contributed by atoms with Gasteiger partial charge >= 0.3 is 0 Å². The number of nitrogens with two attached hydrogens (primary N) is 1. The van der Waals surface area contributed by atoms with Crippen molar-refractivity contribution in [2.75, 3.05) is 11.4 Å². The van der Waals surface area contributed by atoms with Crippen LogP contribution in [0.25, 0.3) is 0 Å². The van der Waals surface area contributed by atoms with Gasteiger partial charge in [-0.1, -0.05) is 12.8 Å². The molecule has 1 saturated carbocycles. The van der Waals surface area contributed by atoms with Gasteiger partial charge in [-0.15, -0.1) is 0 Å². The number of amidine groups is 1. The molecule has 0 spiro atoms. The Kier molecular flexibility index (Phi) is 2.94. The lowest BCUT2D eigenvalue weighted by Gasteiger charge is -2.33. The topological polar surface area (TPSA) is 66.0 Å². The molecule has 0 radical (unpaired) electrons. The number of hydrogen-bond donors (Lipinski definition) is 2. The molecule has 1 aromatic heterocycles. The van der Waals surface area contributed by atoms with Crippen molar-refractivity contribution >= 4 is 11.5 Å². The van der Waals surface area contributed by atoms with Gasteiger partial charge in [-0.05, 0) is 37.3 Å². The van der Waals surface area contributed by atoms with Crippen LogP contribution in [0.2, 0.25) is 0 Å². The smallest absolute Gasteiger partial charge is 0.141 e. The summed E-state index contributed by atoms with van der Waals surface area (Å²) < 4.78 is 0. The van der Waals surface area contributed by atoms with Gasteiger partial charge in [-0.25, -0.2) is 0 Å². The standard InChI is InChI=1S/C14H20N4/c15-14(16)12-6-5-11(9-17-12)18-8-7-10-3-1-2-4-13(10)18/h5-6,9-10,13H,1-4,7-8H2,(H3,15,16). The second kappa shape index (κ2) is 4.59.